The number of aryl methyl sites for hydroxylation is 2. The molecule has 4 rings (SSSR count). The van der Waals surface area contributed by atoms with E-state index in [2.05, 4.69) is 19.4 Å². The topological polar surface area (TPSA) is 167 Å². The number of alkyl halides is 26. The Hall–Kier alpha value is -4.66. The second-order valence-electron chi connectivity index (χ2n) is 16.5. The van der Waals surface area contributed by atoms with Crippen molar-refractivity contribution in [3.05, 3.63) is 44.5 Å². The van der Waals surface area contributed by atoms with Crippen molar-refractivity contribution in [2.45, 2.75) is 161 Å². The summed E-state index contributed by atoms with van der Waals surface area (Å²) in [6, 6.07) is 0. The first-order chi connectivity index (χ1) is 33.9. The van der Waals surface area contributed by atoms with Crippen molar-refractivity contribution in [1.29, 1.82) is 0 Å². The number of halogens is 26. The standard InChI is InChI=1S/C19H19F13N2O4.C18H17F13N2O5/c1-3-10-9(35)6-11(38-10)34-7-8(2)12(33-13(34)36)37-5-4-14(20,21)15(22,23)16(24,25)17(26,27)18(28,29)19(30,31)32;1-7-5-33(10-4-8(35)9(6-34)38-10)12(36)32-11(7)37-3-2-13(19,20)14(21,22)15(23,24)16(25,26)17(27,28)18(29,30)31/h7,9-11,35H,3-6H2,1-2H3;5,8-10,34-35H,2-4,6H2,1H3. The Kier molecular flexibility index (Phi) is 18.6. The molecule has 76 heavy (non-hydrogen) atoms. The predicted molar refractivity (Wildman–Crippen MR) is 195 cm³/mol. The molecule has 0 radical (unpaired) electrons. The van der Waals surface area contributed by atoms with E-state index in [0.29, 0.717) is 6.42 Å². The van der Waals surface area contributed by atoms with Crippen LogP contribution in [-0.2, 0) is 9.47 Å². The van der Waals surface area contributed by atoms with Gasteiger partial charge in [-0.3, -0.25) is 9.13 Å². The van der Waals surface area contributed by atoms with Crippen LogP contribution in [0.25, 0.3) is 0 Å². The number of nitrogens with zero attached hydrogens (tertiary/aromatic N) is 4. The first-order valence-electron chi connectivity index (χ1n) is 20.6. The van der Waals surface area contributed by atoms with Gasteiger partial charge in [-0.25, -0.2) is 9.59 Å². The average molecular weight is 1170 g/mol. The molecule has 0 saturated carbocycles. The van der Waals surface area contributed by atoms with Crippen LogP contribution in [0.2, 0.25) is 0 Å². The van der Waals surface area contributed by atoms with Crippen LogP contribution < -0.4 is 20.9 Å². The Balaban J connectivity index is 0.000000400. The van der Waals surface area contributed by atoms with Gasteiger partial charge in [-0.05, 0) is 20.3 Å². The number of rotatable bonds is 20. The molecule has 2 aliphatic rings. The van der Waals surface area contributed by atoms with Crippen LogP contribution in [0.1, 0.15) is 62.6 Å². The molecule has 6 unspecified atom stereocenters. The van der Waals surface area contributed by atoms with Crippen molar-refractivity contribution in [3.63, 3.8) is 0 Å². The van der Waals surface area contributed by atoms with Crippen LogP contribution in [0.4, 0.5) is 114 Å². The lowest BCUT2D eigenvalue weighted by Crippen LogP contribution is -2.70. The summed E-state index contributed by atoms with van der Waals surface area (Å²) in [5.41, 5.74) is -2.73. The van der Waals surface area contributed by atoms with Gasteiger partial charge in [0, 0.05) is 36.4 Å². The Morgan fingerprint density at radius 1 is 0.513 bits per heavy atom. The van der Waals surface area contributed by atoms with E-state index in [1.165, 1.54) is 0 Å². The minimum atomic E-state index is -8.00. The highest BCUT2D eigenvalue weighted by molar-refractivity contribution is 5.22. The first kappa shape index (κ1) is 65.6. The molecule has 2 aromatic heterocycles. The summed E-state index contributed by atoms with van der Waals surface area (Å²) in [7, 11) is 0. The zero-order valence-electron chi connectivity index (χ0n) is 37.7. The third-order valence-corrected chi connectivity index (χ3v) is 11.1. The summed E-state index contributed by atoms with van der Waals surface area (Å²) in [6.45, 7) is -0.207. The van der Waals surface area contributed by atoms with Crippen molar-refractivity contribution < 1.29 is 148 Å². The molecule has 3 N–H and O–H groups in total. The highest BCUT2D eigenvalue weighted by Crippen LogP contribution is 2.62. The van der Waals surface area contributed by atoms with Crippen molar-refractivity contribution in [1.82, 2.24) is 19.1 Å². The van der Waals surface area contributed by atoms with Crippen molar-refractivity contribution in [2.75, 3.05) is 19.8 Å². The normalized spacial score (nSPS) is 22.2. The highest BCUT2D eigenvalue weighted by Gasteiger charge is 2.92. The van der Waals surface area contributed by atoms with Crippen molar-refractivity contribution in [2.24, 2.45) is 0 Å². The molecule has 0 amide bonds. The number of aliphatic hydroxyl groups is 3. The van der Waals surface area contributed by atoms with Crippen molar-refractivity contribution in [3.8, 4) is 11.8 Å². The third-order valence-electron chi connectivity index (χ3n) is 11.1. The molecule has 6 atom stereocenters. The highest BCUT2D eigenvalue weighted by atomic mass is 19.4. The van der Waals surface area contributed by atoms with Gasteiger partial charge >= 0.3 is 83.0 Å². The monoisotopic (exact) mass is 1170 g/mol. The van der Waals surface area contributed by atoms with E-state index in [1.807, 2.05) is 0 Å². The van der Waals surface area contributed by atoms with Gasteiger partial charge in [0.1, 0.15) is 18.6 Å². The zero-order chi connectivity index (χ0) is 59.4. The Labute approximate surface area is 405 Å². The average Bonchev–Trinajstić information content (AvgIpc) is 3.85. The lowest BCUT2D eigenvalue weighted by molar-refractivity contribution is -0.440. The van der Waals surface area contributed by atoms with Crippen LogP contribution in [0, 0.1) is 13.8 Å². The molecule has 2 fully saturated rings. The van der Waals surface area contributed by atoms with Crippen LogP contribution in [-0.4, -0.2) is 150 Å². The molecule has 4 heterocycles. The summed E-state index contributed by atoms with van der Waals surface area (Å²) < 4.78 is 363. The lowest BCUT2D eigenvalue weighted by Gasteiger charge is -2.39. The maximum Gasteiger partial charge on any atom is 0.460 e. The SMILES string of the molecule is CCC1OC(n2cc(C)c(OCCC(F)(F)C(F)(F)C(F)(F)C(F)(F)C(F)(F)C(F)(F)F)nc2=O)CC1O.Cc1cn(C2CC(O)C(CO)O2)c(=O)nc1OCCC(F)(F)C(F)(F)C(F)(F)C(F)(F)C(F)(F)C(F)(F)F. The molecule has 0 aliphatic carbocycles. The summed E-state index contributed by atoms with van der Waals surface area (Å²) in [5, 5.41) is 28.6. The molecular formula is C37H36F26N4O9. The predicted octanol–water partition coefficient (Wildman–Crippen LogP) is 8.82. The summed E-state index contributed by atoms with van der Waals surface area (Å²) in [4.78, 5) is 30.9. The van der Waals surface area contributed by atoms with Gasteiger partial charge in [0.25, 0.3) is 0 Å². The smallest absolute Gasteiger partial charge is 0.460 e. The second kappa shape index (κ2) is 21.5. The molecule has 39 heteroatoms. The van der Waals surface area contributed by atoms with Crippen LogP contribution in [0.15, 0.2) is 22.0 Å². The van der Waals surface area contributed by atoms with Crippen molar-refractivity contribution >= 4 is 0 Å². The molecule has 440 valence electrons. The van der Waals surface area contributed by atoms with Crippen LogP contribution >= 0.6 is 0 Å². The summed E-state index contributed by atoms with van der Waals surface area (Å²) in [6.07, 6.45) is -24.2. The molecule has 2 aromatic rings. The lowest BCUT2D eigenvalue weighted by atomic mass is 9.93. The maximum atomic E-state index is 13.9. The fraction of sp³-hybridized carbons (Fsp3) is 0.784. The van der Waals surface area contributed by atoms with E-state index in [0.717, 1.165) is 35.4 Å². The minimum absolute atomic E-state index is 0.0483. The Morgan fingerprint density at radius 2 is 0.803 bits per heavy atom. The first-order valence-corrected chi connectivity index (χ1v) is 20.6. The second-order valence-corrected chi connectivity index (χ2v) is 16.5. The van der Waals surface area contributed by atoms with Gasteiger partial charge in [0.15, 0.2) is 0 Å². The van der Waals surface area contributed by atoms with E-state index in [1.54, 1.807) is 6.92 Å². The molecule has 0 aromatic carbocycles. The van der Waals surface area contributed by atoms with E-state index in [-0.39, 0.29) is 24.0 Å². The fourth-order valence-electron chi connectivity index (χ4n) is 6.58. The molecule has 13 nitrogen and oxygen atoms in total. The summed E-state index contributed by atoms with van der Waals surface area (Å²) in [5.74, 6) is -76.6. The van der Waals surface area contributed by atoms with Gasteiger partial charge in [-0.15, -0.1) is 0 Å². The summed E-state index contributed by atoms with van der Waals surface area (Å²) >= 11 is 0. The number of aliphatic hydroxyl groups excluding tert-OH is 3. The molecule has 2 aliphatic heterocycles. The Morgan fingerprint density at radius 3 is 1.07 bits per heavy atom. The van der Waals surface area contributed by atoms with Gasteiger partial charge in [0.2, 0.25) is 11.8 Å². The number of aromatic nitrogens is 4. The third kappa shape index (κ3) is 11.6. The molecule has 2 saturated heterocycles. The zero-order valence-corrected chi connectivity index (χ0v) is 37.7. The van der Waals surface area contributed by atoms with E-state index >= 15 is 0 Å². The van der Waals surface area contributed by atoms with Gasteiger partial charge in [-0.2, -0.15) is 124 Å². The minimum Gasteiger partial charge on any atom is -0.477 e. The number of hydrogen-bond acceptors (Lipinski definition) is 11. The van der Waals surface area contributed by atoms with Gasteiger partial charge in [0.05, 0.1) is 51.0 Å². The number of ether oxygens (including phenoxy) is 4. The Bertz CT molecular complexity index is 2280. The number of hydrogen-bond donors (Lipinski definition) is 3. The van der Waals surface area contributed by atoms with Gasteiger partial charge < -0.3 is 34.3 Å². The van der Waals surface area contributed by atoms with E-state index < -0.39 is 164 Å². The van der Waals surface area contributed by atoms with E-state index in [9.17, 15) is 134 Å². The van der Waals surface area contributed by atoms with E-state index in [4.69, 9.17) is 14.6 Å². The van der Waals surface area contributed by atoms with Crippen LogP contribution in [0.3, 0.4) is 0 Å². The van der Waals surface area contributed by atoms with Gasteiger partial charge in [-0.1, -0.05) is 6.92 Å². The molecule has 0 spiro atoms. The molecule has 0 bridgehead atoms. The maximum absolute atomic E-state index is 13.9. The fourth-order valence-corrected chi connectivity index (χ4v) is 6.58. The largest absolute Gasteiger partial charge is 0.477 e. The molecular weight excluding hydrogens is 1140 g/mol. The van der Waals surface area contributed by atoms with Crippen LogP contribution in [0.5, 0.6) is 11.8 Å². The quantitative estimate of drug-likeness (QED) is 0.109.